The Morgan fingerprint density at radius 3 is 2.88 bits per heavy atom. The summed E-state index contributed by atoms with van der Waals surface area (Å²) < 4.78 is 7.66. The Morgan fingerprint density at radius 2 is 2.12 bits per heavy atom. The second kappa shape index (κ2) is 7.09. The normalized spacial score (nSPS) is 11.8. The molecule has 4 rings (SSSR count). The molecule has 0 atom stereocenters. The average Bonchev–Trinajstić information content (AvgIpc) is 3.27. The fraction of sp³-hybridized carbons (Fsp3) is 0.0526. The van der Waals surface area contributed by atoms with Crippen LogP contribution in [0.15, 0.2) is 82.0 Å². The van der Waals surface area contributed by atoms with Crippen molar-refractivity contribution < 1.29 is 4.42 Å². The van der Waals surface area contributed by atoms with Crippen molar-refractivity contribution in [2.45, 2.75) is 6.54 Å². The Kier molecular flexibility index (Phi) is 4.50. The van der Waals surface area contributed by atoms with Crippen LogP contribution >= 0.6 is 22.9 Å². The van der Waals surface area contributed by atoms with E-state index in [2.05, 4.69) is 14.9 Å². The molecule has 0 saturated heterocycles. The molecule has 3 heterocycles. The van der Waals surface area contributed by atoms with E-state index in [1.165, 1.54) is 0 Å². The van der Waals surface area contributed by atoms with E-state index in [-0.39, 0.29) is 0 Å². The van der Waals surface area contributed by atoms with Crippen LogP contribution in [0.25, 0.3) is 11.3 Å². The van der Waals surface area contributed by atoms with Gasteiger partial charge in [0, 0.05) is 22.2 Å². The zero-order chi connectivity index (χ0) is 17.1. The Balaban J connectivity index is 1.86. The zero-order valence-electron chi connectivity index (χ0n) is 13.2. The first-order chi connectivity index (χ1) is 12.3. The van der Waals surface area contributed by atoms with Crippen molar-refractivity contribution in [3.05, 3.63) is 88.2 Å². The third-order valence-electron chi connectivity index (χ3n) is 3.68. The van der Waals surface area contributed by atoms with E-state index in [1.807, 2.05) is 48.5 Å². The summed E-state index contributed by atoms with van der Waals surface area (Å²) in [6, 6.07) is 15.5. The van der Waals surface area contributed by atoms with Gasteiger partial charge in [0.1, 0.15) is 5.76 Å². The first-order valence-corrected chi connectivity index (χ1v) is 8.97. The van der Waals surface area contributed by atoms with Gasteiger partial charge in [0.05, 0.1) is 30.4 Å². The number of hydrogen-bond donors (Lipinski definition) is 0. The van der Waals surface area contributed by atoms with Gasteiger partial charge < -0.3 is 8.98 Å². The molecule has 0 aliphatic heterocycles. The topological polar surface area (TPSA) is 43.3 Å². The van der Waals surface area contributed by atoms with E-state index in [4.69, 9.17) is 21.0 Å². The smallest absolute Gasteiger partial charge is 0.190 e. The number of rotatable bonds is 4. The second-order valence-corrected chi connectivity index (χ2v) is 6.68. The molecular formula is C19H14ClN3OS. The number of thiazole rings is 1. The van der Waals surface area contributed by atoms with E-state index >= 15 is 0 Å². The summed E-state index contributed by atoms with van der Waals surface area (Å²) in [5.74, 6) is 0.870. The van der Waals surface area contributed by atoms with E-state index in [9.17, 15) is 0 Å². The summed E-state index contributed by atoms with van der Waals surface area (Å²) in [5, 5.41) is 2.79. The van der Waals surface area contributed by atoms with E-state index < -0.39 is 0 Å². The van der Waals surface area contributed by atoms with Crippen LogP contribution < -0.4 is 4.80 Å². The van der Waals surface area contributed by atoms with Crippen molar-refractivity contribution >= 4 is 28.6 Å². The lowest BCUT2D eigenvalue weighted by Crippen LogP contribution is -2.16. The third kappa shape index (κ3) is 3.57. The van der Waals surface area contributed by atoms with E-state index in [0.29, 0.717) is 11.6 Å². The summed E-state index contributed by atoms with van der Waals surface area (Å²) in [4.78, 5) is 9.74. The highest BCUT2D eigenvalue weighted by atomic mass is 35.5. The molecule has 0 fully saturated rings. The molecule has 0 amide bonds. The number of aromatic nitrogens is 2. The van der Waals surface area contributed by atoms with Gasteiger partial charge in [-0.3, -0.25) is 4.98 Å². The molecule has 25 heavy (non-hydrogen) atoms. The van der Waals surface area contributed by atoms with Crippen molar-refractivity contribution in [2.24, 2.45) is 4.99 Å². The van der Waals surface area contributed by atoms with Gasteiger partial charge in [-0.25, -0.2) is 4.99 Å². The van der Waals surface area contributed by atoms with Crippen molar-refractivity contribution in [1.82, 2.24) is 9.55 Å². The summed E-state index contributed by atoms with van der Waals surface area (Å²) in [5.41, 5.74) is 2.91. The van der Waals surface area contributed by atoms with Gasteiger partial charge in [0.15, 0.2) is 4.80 Å². The molecule has 3 aromatic heterocycles. The standard InChI is InChI=1S/C19H14ClN3OS/c20-15-5-1-4-14(10-15)18-13-25-19(22-16-6-2-8-21-11-16)23(18)12-17-7-3-9-24-17/h1-11,13H,12H2. The Morgan fingerprint density at radius 1 is 1.16 bits per heavy atom. The maximum Gasteiger partial charge on any atom is 0.190 e. The minimum absolute atomic E-state index is 0.595. The maximum absolute atomic E-state index is 6.17. The molecule has 0 N–H and O–H groups in total. The maximum atomic E-state index is 6.17. The van der Waals surface area contributed by atoms with E-state index in [1.54, 1.807) is 30.0 Å². The monoisotopic (exact) mass is 367 g/mol. The molecule has 1 aromatic carbocycles. The van der Waals surface area contributed by atoms with E-state index in [0.717, 1.165) is 27.5 Å². The number of hydrogen-bond acceptors (Lipinski definition) is 4. The van der Waals surface area contributed by atoms with Crippen molar-refractivity contribution in [1.29, 1.82) is 0 Å². The number of benzene rings is 1. The minimum Gasteiger partial charge on any atom is -0.467 e. The molecule has 0 saturated carbocycles. The number of nitrogens with zero attached hydrogens (tertiary/aromatic N) is 3. The lowest BCUT2D eigenvalue weighted by Gasteiger charge is -2.08. The van der Waals surface area contributed by atoms with Gasteiger partial charge in [-0.2, -0.15) is 0 Å². The molecule has 0 unspecified atom stereocenters. The Labute approximate surface area is 153 Å². The summed E-state index contributed by atoms with van der Waals surface area (Å²) in [7, 11) is 0. The van der Waals surface area contributed by atoms with Gasteiger partial charge in [-0.1, -0.05) is 23.7 Å². The summed E-state index contributed by atoms with van der Waals surface area (Å²) in [6.45, 7) is 0.595. The number of furan rings is 1. The van der Waals surface area contributed by atoms with Crippen LogP contribution in [0.2, 0.25) is 5.02 Å². The van der Waals surface area contributed by atoms with Crippen LogP contribution in [0.5, 0.6) is 0 Å². The predicted octanol–water partition coefficient (Wildman–Crippen LogP) is 5.14. The molecule has 0 aliphatic carbocycles. The zero-order valence-corrected chi connectivity index (χ0v) is 14.7. The van der Waals surface area contributed by atoms with Gasteiger partial charge in [-0.15, -0.1) is 11.3 Å². The highest BCUT2D eigenvalue weighted by Crippen LogP contribution is 2.24. The number of halogens is 1. The third-order valence-corrected chi connectivity index (χ3v) is 4.78. The largest absolute Gasteiger partial charge is 0.467 e. The summed E-state index contributed by atoms with van der Waals surface area (Å²) >= 11 is 7.75. The molecular weight excluding hydrogens is 354 g/mol. The molecule has 0 radical (unpaired) electrons. The first kappa shape index (κ1) is 15.9. The van der Waals surface area contributed by atoms with Gasteiger partial charge in [0.2, 0.25) is 0 Å². The van der Waals surface area contributed by atoms with Crippen LogP contribution in [0.4, 0.5) is 5.69 Å². The van der Waals surface area contributed by atoms with Crippen molar-refractivity contribution in [3.8, 4) is 11.3 Å². The SMILES string of the molecule is Clc1cccc(-c2csc(=Nc3cccnc3)n2Cc2ccco2)c1. The Bertz CT molecular complexity index is 1040. The van der Waals surface area contributed by atoms with Crippen LogP contribution in [0, 0.1) is 0 Å². The molecule has 0 spiro atoms. The highest BCUT2D eigenvalue weighted by Gasteiger charge is 2.10. The molecule has 124 valence electrons. The lowest BCUT2D eigenvalue weighted by atomic mass is 10.2. The molecule has 0 bridgehead atoms. The van der Waals surface area contributed by atoms with Crippen LogP contribution in [-0.2, 0) is 6.54 Å². The average molecular weight is 368 g/mol. The molecule has 4 aromatic rings. The van der Waals surface area contributed by atoms with Crippen molar-refractivity contribution in [3.63, 3.8) is 0 Å². The number of pyridine rings is 1. The van der Waals surface area contributed by atoms with Gasteiger partial charge in [0.25, 0.3) is 0 Å². The first-order valence-electron chi connectivity index (χ1n) is 7.71. The fourth-order valence-electron chi connectivity index (χ4n) is 2.54. The fourth-order valence-corrected chi connectivity index (χ4v) is 3.66. The molecule has 4 nitrogen and oxygen atoms in total. The van der Waals surface area contributed by atoms with Crippen LogP contribution in [0.1, 0.15) is 5.76 Å². The summed E-state index contributed by atoms with van der Waals surface area (Å²) in [6.07, 6.45) is 5.16. The van der Waals surface area contributed by atoms with Gasteiger partial charge in [-0.05, 0) is 36.4 Å². The minimum atomic E-state index is 0.595. The molecule has 0 aliphatic rings. The Hall–Kier alpha value is -2.63. The quantitative estimate of drug-likeness (QED) is 0.501. The van der Waals surface area contributed by atoms with Crippen molar-refractivity contribution in [2.75, 3.05) is 0 Å². The van der Waals surface area contributed by atoms with Gasteiger partial charge >= 0.3 is 0 Å². The van der Waals surface area contributed by atoms with Crippen LogP contribution in [-0.4, -0.2) is 9.55 Å². The highest BCUT2D eigenvalue weighted by molar-refractivity contribution is 7.07. The van der Waals surface area contributed by atoms with Crippen LogP contribution in [0.3, 0.4) is 0 Å². The molecule has 6 heteroatoms. The predicted molar refractivity (Wildman–Crippen MR) is 100 cm³/mol. The second-order valence-electron chi connectivity index (χ2n) is 5.40. The lowest BCUT2D eigenvalue weighted by molar-refractivity contribution is 0.492.